The minimum Gasteiger partial charge on any atom is -0.330 e. The van der Waals surface area contributed by atoms with Crippen molar-refractivity contribution in [3.63, 3.8) is 0 Å². The fourth-order valence-corrected chi connectivity index (χ4v) is 1.75. The van der Waals surface area contributed by atoms with Crippen molar-refractivity contribution in [2.24, 2.45) is 12.8 Å². The fourth-order valence-electron chi connectivity index (χ4n) is 0.798. The maximum Gasteiger partial charge on any atom is 0.139 e. The standard InChI is InChI=1S/C6H12N4OS/c1-10-6(8-5-9-10)4-12(11)3-2-7/h5H,2-4,7H2,1H3. The van der Waals surface area contributed by atoms with E-state index in [2.05, 4.69) is 10.1 Å². The average molecular weight is 188 g/mol. The number of hydrogen-bond donors (Lipinski definition) is 1. The van der Waals surface area contributed by atoms with Crippen LogP contribution in [0.3, 0.4) is 0 Å². The van der Waals surface area contributed by atoms with Gasteiger partial charge in [-0.3, -0.25) is 8.89 Å². The van der Waals surface area contributed by atoms with E-state index in [1.54, 1.807) is 11.7 Å². The number of hydrogen-bond acceptors (Lipinski definition) is 4. The Bertz CT molecular complexity index is 272. The van der Waals surface area contributed by atoms with Gasteiger partial charge in [0, 0.05) is 30.1 Å². The molecule has 1 unspecified atom stereocenters. The van der Waals surface area contributed by atoms with Gasteiger partial charge in [-0.2, -0.15) is 5.10 Å². The molecule has 1 aromatic heterocycles. The zero-order valence-electron chi connectivity index (χ0n) is 6.93. The van der Waals surface area contributed by atoms with Gasteiger partial charge >= 0.3 is 0 Å². The second-order valence-electron chi connectivity index (χ2n) is 2.38. The Labute approximate surface area is 73.4 Å². The molecule has 2 N–H and O–H groups in total. The van der Waals surface area contributed by atoms with E-state index < -0.39 is 10.8 Å². The number of nitrogens with zero attached hydrogens (tertiary/aromatic N) is 3. The van der Waals surface area contributed by atoms with Crippen LogP contribution in [0.1, 0.15) is 5.82 Å². The molecule has 68 valence electrons. The molecule has 0 radical (unpaired) electrons. The van der Waals surface area contributed by atoms with Gasteiger partial charge in [0.2, 0.25) is 0 Å². The van der Waals surface area contributed by atoms with Crippen molar-refractivity contribution in [2.75, 3.05) is 12.3 Å². The highest BCUT2D eigenvalue weighted by Crippen LogP contribution is 1.96. The van der Waals surface area contributed by atoms with Crippen LogP contribution >= 0.6 is 0 Å². The van der Waals surface area contributed by atoms with E-state index in [4.69, 9.17) is 5.73 Å². The van der Waals surface area contributed by atoms with Crippen LogP contribution < -0.4 is 5.73 Å². The van der Waals surface area contributed by atoms with Gasteiger partial charge in [0.15, 0.2) is 0 Å². The number of rotatable bonds is 4. The molecule has 6 heteroatoms. The molecular formula is C6H12N4OS. The molecule has 0 spiro atoms. The molecule has 1 rings (SSSR count). The predicted molar refractivity (Wildman–Crippen MR) is 46.8 cm³/mol. The third-order valence-electron chi connectivity index (χ3n) is 1.44. The van der Waals surface area contributed by atoms with Crippen molar-refractivity contribution in [1.29, 1.82) is 0 Å². The average Bonchev–Trinajstić information content (AvgIpc) is 2.37. The minimum absolute atomic E-state index is 0.438. The molecule has 0 amide bonds. The van der Waals surface area contributed by atoms with Crippen LogP contribution in [0.5, 0.6) is 0 Å². The summed E-state index contributed by atoms with van der Waals surface area (Å²) in [5, 5.41) is 3.87. The normalized spacial score (nSPS) is 13.2. The van der Waals surface area contributed by atoms with Crippen molar-refractivity contribution in [3.05, 3.63) is 12.2 Å². The van der Waals surface area contributed by atoms with E-state index in [9.17, 15) is 4.21 Å². The fraction of sp³-hybridized carbons (Fsp3) is 0.667. The van der Waals surface area contributed by atoms with Gasteiger partial charge in [0.25, 0.3) is 0 Å². The van der Waals surface area contributed by atoms with Crippen LogP contribution in [-0.4, -0.2) is 31.3 Å². The quantitative estimate of drug-likeness (QED) is 0.659. The topological polar surface area (TPSA) is 73.8 Å². The van der Waals surface area contributed by atoms with E-state index >= 15 is 0 Å². The highest BCUT2D eigenvalue weighted by Gasteiger charge is 2.04. The molecule has 12 heavy (non-hydrogen) atoms. The smallest absolute Gasteiger partial charge is 0.139 e. The lowest BCUT2D eigenvalue weighted by Gasteiger charge is -1.98. The summed E-state index contributed by atoms with van der Waals surface area (Å²) in [4.78, 5) is 3.96. The van der Waals surface area contributed by atoms with E-state index in [0.29, 0.717) is 18.1 Å². The lowest BCUT2D eigenvalue weighted by Crippen LogP contribution is -2.13. The first-order valence-corrected chi connectivity index (χ1v) is 5.10. The van der Waals surface area contributed by atoms with Gasteiger partial charge in [-0.25, -0.2) is 4.98 Å². The Hall–Kier alpha value is -0.750. The van der Waals surface area contributed by atoms with Crippen LogP contribution in [0, 0.1) is 0 Å². The molecule has 0 bridgehead atoms. The largest absolute Gasteiger partial charge is 0.330 e. The summed E-state index contributed by atoms with van der Waals surface area (Å²) in [6.07, 6.45) is 1.45. The maximum atomic E-state index is 11.2. The maximum absolute atomic E-state index is 11.2. The molecule has 0 aromatic carbocycles. The number of aromatic nitrogens is 3. The van der Waals surface area contributed by atoms with Crippen LogP contribution in [0.15, 0.2) is 6.33 Å². The van der Waals surface area contributed by atoms with Crippen molar-refractivity contribution in [1.82, 2.24) is 14.8 Å². The highest BCUT2D eigenvalue weighted by molar-refractivity contribution is 7.84. The first-order chi connectivity index (χ1) is 5.74. The second kappa shape index (κ2) is 4.32. The summed E-state index contributed by atoms with van der Waals surface area (Å²) in [5.41, 5.74) is 5.26. The van der Waals surface area contributed by atoms with E-state index in [0.717, 1.165) is 5.82 Å². The lowest BCUT2D eigenvalue weighted by atomic mass is 10.7. The van der Waals surface area contributed by atoms with Crippen LogP contribution in [0.4, 0.5) is 0 Å². The summed E-state index contributed by atoms with van der Waals surface area (Å²) < 4.78 is 12.8. The van der Waals surface area contributed by atoms with E-state index in [1.807, 2.05) is 0 Å². The monoisotopic (exact) mass is 188 g/mol. The minimum atomic E-state index is -0.908. The third-order valence-corrected chi connectivity index (χ3v) is 2.71. The predicted octanol–water partition coefficient (Wildman–Crippen LogP) is -0.977. The summed E-state index contributed by atoms with van der Waals surface area (Å²) in [5.74, 6) is 1.70. The van der Waals surface area contributed by atoms with Gasteiger partial charge in [-0.1, -0.05) is 0 Å². The Morgan fingerprint density at radius 2 is 2.50 bits per heavy atom. The van der Waals surface area contributed by atoms with Gasteiger partial charge in [-0.05, 0) is 0 Å². The molecule has 1 aromatic rings. The molecule has 0 fully saturated rings. The first-order valence-electron chi connectivity index (χ1n) is 3.62. The van der Waals surface area contributed by atoms with Crippen LogP contribution in [-0.2, 0) is 23.6 Å². The lowest BCUT2D eigenvalue weighted by molar-refractivity contribution is 0.674. The molecule has 1 heterocycles. The number of aryl methyl sites for hydroxylation is 1. The first kappa shape index (κ1) is 9.34. The molecule has 1 atom stereocenters. The van der Waals surface area contributed by atoms with Gasteiger partial charge in [0.05, 0.1) is 5.75 Å². The molecule has 0 saturated carbocycles. The third kappa shape index (κ3) is 2.38. The highest BCUT2D eigenvalue weighted by atomic mass is 32.2. The Morgan fingerprint density at radius 1 is 1.75 bits per heavy atom. The van der Waals surface area contributed by atoms with Gasteiger partial charge < -0.3 is 5.73 Å². The Morgan fingerprint density at radius 3 is 3.00 bits per heavy atom. The molecule has 5 nitrogen and oxygen atoms in total. The van der Waals surface area contributed by atoms with Gasteiger partial charge in [-0.15, -0.1) is 0 Å². The van der Waals surface area contributed by atoms with E-state index in [-0.39, 0.29) is 0 Å². The second-order valence-corrected chi connectivity index (χ2v) is 3.95. The number of nitrogens with two attached hydrogens (primary N) is 1. The van der Waals surface area contributed by atoms with Crippen molar-refractivity contribution in [2.45, 2.75) is 5.75 Å². The molecule has 0 saturated heterocycles. The zero-order chi connectivity index (χ0) is 8.97. The zero-order valence-corrected chi connectivity index (χ0v) is 7.75. The van der Waals surface area contributed by atoms with Crippen LogP contribution in [0.2, 0.25) is 0 Å². The summed E-state index contributed by atoms with van der Waals surface area (Å²) in [7, 11) is 0.872. The Kier molecular flexibility index (Phi) is 3.36. The van der Waals surface area contributed by atoms with E-state index in [1.165, 1.54) is 6.33 Å². The molecule has 0 aliphatic rings. The molecule has 0 aliphatic heterocycles. The van der Waals surface area contributed by atoms with Crippen molar-refractivity contribution < 1.29 is 4.21 Å². The molecular weight excluding hydrogens is 176 g/mol. The van der Waals surface area contributed by atoms with Crippen molar-refractivity contribution in [3.8, 4) is 0 Å². The summed E-state index contributed by atoms with van der Waals surface area (Å²) in [6.45, 7) is 0.449. The van der Waals surface area contributed by atoms with Crippen molar-refractivity contribution >= 4 is 10.8 Å². The SMILES string of the molecule is Cn1ncnc1CS(=O)CCN. The van der Waals surface area contributed by atoms with Crippen LogP contribution in [0.25, 0.3) is 0 Å². The molecule has 0 aliphatic carbocycles. The Balaban J connectivity index is 2.52. The summed E-state index contributed by atoms with van der Waals surface area (Å²) >= 11 is 0. The summed E-state index contributed by atoms with van der Waals surface area (Å²) in [6, 6.07) is 0. The van der Waals surface area contributed by atoms with Gasteiger partial charge in [0.1, 0.15) is 12.2 Å².